The Morgan fingerprint density at radius 3 is 2.33 bits per heavy atom. The van der Waals surface area contributed by atoms with Crippen LogP contribution in [0.5, 0.6) is 5.75 Å². The summed E-state index contributed by atoms with van der Waals surface area (Å²) < 4.78 is 9.91. The van der Waals surface area contributed by atoms with Gasteiger partial charge in [0.2, 0.25) is 0 Å². The van der Waals surface area contributed by atoms with Gasteiger partial charge in [-0.05, 0) is 12.1 Å². The highest BCUT2D eigenvalue weighted by atomic mass is 16.6. The van der Waals surface area contributed by atoms with Crippen LogP contribution in [0.15, 0.2) is 42.5 Å². The van der Waals surface area contributed by atoms with E-state index in [0.29, 0.717) is 0 Å². The first kappa shape index (κ1) is 16.9. The Hall–Kier alpha value is -3.49. The highest BCUT2D eigenvalue weighted by Gasteiger charge is 2.20. The first-order valence-electron chi connectivity index (χ1n) is 6.66. The highest BCUT2D eigenvalue weighted by Crippen LogP contribution is 2.30. The molecular weight excluding hydrogens is 320 g/mol. The molecule has 0 aromatic heterocycles. The number of benzene rings is 2. The molecule has 2 aromatic carbocycles. The van der Waals surface area contributed by atoms with Crippen LogP contribution in [0.2, 0.25) is 0 Å². The van der Waals surface area contributed by atoms with Gasteiger partial charge in [0, 0.05) is 18.2 Å². The maximum absolute atomic E-state index is 11.5. The van der Waals surface area contributed by atoms with E-state index in [1.807, 2.05) is 0 Å². The zero-order valence-electron chi connectivity index (χ0n) is 12.5. The molecule has 2 aromatic rings. The molecule has 0 fully saturated rings. The van der Waals surface area contributed by atoms with Gasteiger partial charge >= 0.3 is 11.7 Å². The Labute approximate surface area is 135 Å². The van der Waals surface area contributed by atoms with Crippen LogP contribution >= 0.6 is 0 Å². The van der Waals surface area contributed by atoms with Crippen molar-refractivity contribution in [3.63, 3.8) is 0 Å². The number of ether oxygens (including phenoxy) is 2. The van der Waals surface area contributed by atoms with Crippen LogP contribution in [0.1, 0.15) is 15.9 Å². The molecule has 0 saturated carbocycles. The number of rotatable bonds is 6. The predicted molar refractivity (Wildman–Crippen MR) is 81.9 cm³/mol. The molecule has 0 spiro atoms. The summed E-state index contributed by atoms with van der Waals surface area (Å²) in [5.74, 6) is -0.860. The fourth-order valence-corrected chi connectivity index (χ4v) is 1.99. The Bertz CT molecular complexity index is 804. The molecular formula is C15H12N2O7. The fourth-order valence-electron chi connectivity index (χ4n) is 1.99. The average molecular weight is 332 g/mol. The minimum Gasteiger partial charge on any atom is -0.482 e. The van der Waals surface area contributed by atoms with E-state index in [2.05, 4.69) is 4.74 Å². The molecule has 0 unspecified atom stereocenters. The van der Waals surface area contributed by atoms with Crippen molar-refractivity contribution in [2.75, 3.05) is 7.11 Å². The minimum absolute atomic E-state index is 0.0701. The first-order valence-corrected chi connectivity index (χ1v) is 6.66. The lowest BCUT2D eigenvalue weighted by molar-refractivity contribution is -0.386. The number of esters is 1. The van der Waals surface area contributed by atoms with Gasteiger partial charge in [0.05, 0.1) is 28.1 Å². The number of carbonyl (C=O) groups is 1. The summed E-state index contributed by atoms with van der Waals surface area (Å²) in [6, 6.07) is 9.39. The third-order valence-electron chi connectivity index (χ3n) is 3.15. The Balaban J connectivity index is 2.33. The molecule has 0 bridgehead atoms. The van der Waals surface area contributed by atoms with Crippen LogP contribution in [0.25, 0.3) is 0 Å². The van der Waals surface area contributed by atoms with Gasteiger partial charge in [0.1, 0.15) is 6.61 Å². The molecule has 0 saturated heterocycles. The van der Waals surface area contributed by atoms with Crippen molar-refractivity contribution in [1.82, 2.24) is 0 Å². The highest BCUT2D eigenvalue weighted by molar-refractivity contribution is 5.90. The lowest BCUT2D eigenvalue weighted by Gasteiger charge is -2.08. The molecule has 0 amide bonds. The van der Waals surface area contributed by atoms with Crippen molar-refractivity contribution in [2.24, 2.45) is 0 Å². The molecule has 9 heteroatoms. The fraction of sp³-hybridized carbons (Fsp3) is 0.133. The number of methoxy groups -OCH3 is 1. The van der Waals surface area contributed by atoms with Crippen LogP contribution < -0.4 is 4.74 Å². The number of carbonyl (C=O) groups excluding carboxylic acids is 1. The third-order valence-corrected chi connectivity index (χ3v) is 3.15. The number of nitro benzene ring substituents is 2. The van der Waals surface area contributed by atoms with E-state index in [1.165, 1.54) is 37.4 Å². The average Bonchev–Trinajstić information content (AvgIpc) is 2.58. The Kier molecular flexibility index (Phi) is 5.05. The maximum atomic E-state index is 11.5. The largest absolute Gasteiger partial charge is 0.482 e. The van der Waals surface area contributed by atoms with Gasteiger partial charge in [-0.1, -0.05) is 12.1 Å². The topological polar surface area (TPSA) is 122 Å². The predicted octanol–water partition coefficient (Wildman–Crippen LogP) is 2.87. The van der Waals surface area contributed by atoms with E-state index >= 15 is 0 Å². The van der Waals surface area contributed by atoms with Gasteiger partial charge in [-0.25, -0.2) is 4.79 Å². The van der Waals surface area contributed by atoms with Crippen molar-refractivity contribution < 1.29 is 24.1 Å². The Morgan fingerprint density at radius 2 is 1.71 bits per heavy atom. The standard InChI is InChI=1S/C15H12N2O7/c1-23-15(18)10-6-7-13(17(21)22)14(8-10)24-9-11-4-2-3-5-12(11)16(19)20/h2-8H,9H2,1H3. The SMILES string of the molecule is COC(=O)c1ccc([N+](=O)[O-])c(OCc2ccccc2[N+](=O)[O-])c1. The van der Waals surface area contributed by atoms with E-state index in [9.17, 15) is 25.0 Å². The molecule has 0 N–H and O–H groups in total. The molecule has 2 rings (SSSR count). The molecule has 0 heterocycles. The molecule has 0 aliphatic heterocycles. The van der Waals surface area contributed by atoms with Crippen molar-refractivity contribution in [2.45, 2.75) is 6.61 Å². The molecule has 24 heavy (non-hydrogen) atoms. The van der Waals surface area contributed by atoms with Gasteiger partial charge in [-0.15, -0.1) is 0 Å². The maximum Gasteiger partial charge on any atom is 0.337 e. The zero-order valence-corrected chi connectivity index (χ0v) is 12.5. The summed E-state index contributed by atoms with van der Waals surface area (Å²) in [7, 11) is 1.18. The van der Waals surface area contributed by atoms with Crippen LogP contribution in [0.3, 0.4) is 0 Å². The van der Waals surface area contributed by atoms with E-state index in [-0.39, 0.29) is 34.9 Å². The first-order chi connectivity index (χ1) is 11.4. The van der Waals surface area contributed by atoms with Gasteiger partial charge in [0.15, 0.2) is 5.75 Å². The second-order valence-electron chi connectivity index (χ2n) is 4.61. The number of para-hydroxylation sites is 1. The normalized spacial score (nSPS) is 10.0. The lowest BCUT2D eigenvalue weighted by Crippen LogP contribution is -2.05. The van der Waals surface area contributed by atoms with Crippen LogP contribution in [-0.2, 0) is 11.3 Å². The second-order valence-corrected chi connectivity index (χ2v) is 4.61. The number of nitrogens with zero attached hydrogens (tertiary/aromatic N) is 2. The van der Waals surface area contributed by atoms with Crippen LogP contribution in [0.4, 0.5) is 11.4 Å². The van der Waals surface area contributed by atoms with Gasteiger partial charge < -0.3 is 9.47 Å². The molecule has 0 aliphatic rings. The molecule has 0 radical (unpaired) electrons. The minimum atomic E-state index is -0.680. The molecule has 0 aliphatic carbocycles. The summed E-state index contributed by atoms with van der Waals surface area (Å²) in [5.41, 5.74) is -0.202. The summed E-state index contributed by atoms with van der Waals surface area (Å²) >= 11 is 0. The van der Waals surface area contributed by atoms with Crippen molar-refractivity contribution >= 4 is 17.3 Å². The van der Waals surface area contributed by atoms with E-state index in [0.717, 1.165) is 6.07 Å². The zero-order chi connectivity index (χ0) is 17.7. The quantitative estimate of drug-likeness (QED) is 0.453. The summed E-state index contributed by atoms with van der Waals surface area (Å²) in [4.78, 5) is 32.3. The van der Waals surface area contributed by atoms with Crippen LogP contribution in [0, 0.1) is 20.2 Å². The smallest absolute Gasteiger partial charge is 0.337 e. The lowest BCUT2D eigenvalue weighted by atomic mass is 10.1. The van der Waals surface area contributed by atoms with Crippen molar-refractivity contribution in [3.8, 4) is 5.75 Å². The van der Waals surface area contributed by atoms with E-state index in [4.69, 9.17) is 4.74 Å². The number of hydrogen-bond acceptors (Lipinski definition) is 7. The van der Waals surface area contributed by atoms with E-state index in [1.54, 1.807) is 6.07 Å². The molecule has 0 atom stereocenters. The number of hydrogen-bond donors (Lipinski definition) is 0. The van der Waals surface area contributed by atoms with Gasteiger partial charge in [-0.3, -0.25) is 20.2 Å². The molecule has 124 valence electrons. The summed E-state index contributed by atoms with van der Waals surface area (Å²) in [6.07, 6.45) is 0. The Morgan fingerprint density at radius 1 is 1.04 bits per heavy atom. The third kappa shape index (κ3) is 3.64. The van der Waals surface area contributed by atoms with Crippen molar-refractivity contribution in [3.05, 3.63) is 73.8 Å². The van der Waals surface area contributed by atoms with E-state index < -0.39 is 15.8 Å². The molecule has 9 nitrogen and oxygen atoms in total. The van der Waals surface area contributed by atoms with Gasteiger partial charge in [-0.2, -0.15) is 0 Å². The van der Waals surface area contributed by atoms with Gasteiger partial charge in [0.25, 0.3) is 5.69 Å². The monoisotopic (exact) mass is 332 g/mol. The number of nitro groups is 2. The van der Waals surface area contributed by atoms with Crippen molar-refractivity contribution in [1.29, 1.82) is 0 Å². The summed E-state index contributed by atoms with van der Waals surface area (Å²) in [5, 5.41) is 22.0. The van der Waals surface area contributed by atoms with Crippen LogP contribution in [-0.4, -0.2) is 22.9 Å². The summed E-state index contributed by atoms with van der Waals surface area (Å²) in [6.45, 7) is -0.261. The second kappa shape index (κ2) is 7.18.